The van der Waals surface area contributed by atoms with Gasteiger partial charge in [0, 0.05) is 36.2 Å². The Morgan fingerprint density at radius 3 is 2.37 bits per heavy atom. The number of fused-ring (bicyclic) bond motifs is 2. The van der Waals surface area contributed by atoms with Gasteiger partial charge in [-0.1, -0.05) is 42.5 Å². The van der Waals surface area contributed by atoms with Crippen LogP contribution in [0, 0.1) is 0 Å². The van der Waals surface area contributed by atoms with E-state index in [2.05, 4.69) is 26.1 Å². The number of anilines is 2. The van der Waals surface area contributed by atoms with Crippen LogP contribution in [0.4, 0.5) is 16.3 Å². The molecule has 7 rings (SSSR count). The second-order valence-electron chi connectivity index (χ2n) is 16.1. The van der Waals surface area contributed by atoms with Gasteiger partial charge in [0.25, 0.3) is 17.7 Å². The highest BCUT2D eigenvalue weighted by atomic mass is 16.2. The predicted molar refractivity (Wildman–Crippen MR) is 219 cm³/mol. The fourth-order valence-corrected chi connectivity index (χ4v) is 8.16. The Kier molecular flexibility index (Phi) is 11.6. The number of H-pyrrole nitrogens is 1. The van der Waals surface area contributed by atoms with Crippen molar-refractivity contribution in [2.75, 3.05) is 31.3 Å². The lowest BCUT2D eigenvalue weighted by molar-refractivity contribution is -0.132. The largest absolute Gasteiger partial charge is 0.330 e. The number of urea groups is 1. The molecule has 1 unspecified atom stereocenters. The van der Waals surface area contributed by atoms with E-state index < -0.39 is 35.1 Å². The average Bonchev–Trinajstić information content (AvgIpc) is 3.82. The number of ketones is 2. The molecule has 0 bridgehead atoms. The molecule has 59 heavy (non-hydrogen) atoms. The molecule has 2 atom stereocenters. The smallest absolute Gasteiger partial charge is 0.319 e. The second kappa shape index (κ2) is 16.8. The molecule has 2 aliphatic heterocycles. The van der Waals surface area contributed by atoms with Crippen molar-refractivity contribution >= 4 is 52.7 Å². The molecule has 0 spiro atoms. The number of rotatable bonds is 13. The number of Topliss-reactive ketones (excluding diaryl/α,β-unsaturated/α-hetero) is 2. The highest BCUT2D eigenvalue weighted by Crippen LogP contribution is 2.41. The Labute approximate surface area is 341 Å². The number of imide groups is 1. The number of aromatic nitrogens is 2. The molecule has 0 radical (unpaired) electrons. The summed E-state index contributed by atoms with van der Waals surface area (Å²) >= 11 is 0. The molecule has 6 amide bonds. The first-order valence-corrected chi connectivity index (χ1v) is 19.8. The van der Waals surface area contributed by atoms with E-state index in [4.69, 9.17) is 0 Å². The zero-order valence-corrected chi connectivity index (χ0v) is 33.6. The molecule has 306 valence electrons. The highest BCUT2D eigenvalue weighted by Gasteiger charge is 2.46. The molecule has 0 saturated heterocycles. The minimum Gasteiger partial charge on any atom is -0.330 e. The van der Waals surface area contributed by atoms with E-state index >= 15 is 0 Å². The minimum absolute atomic E-state index is 0.144. The van der Waals surface area contributed by atoms with Crippen molar-refractivity contribution in [2.24, 2.45) is 0 Å². The number of hydrogen-bond acceptors (Lipinski definition) is 9. The molecule has 1 fully saturated rings. The van der Waals surface area contributed by atoms with Crippen molar-refractivity contribution in [1.82, 2.24) is 30.2 Å². The number of nitrogens with zero attached hydrogens (tertiary/aromatic N) is 4. The maximum Gasteiger partial charge on any atom is 0.319 e. The molecule has 4 N–H and O–H groups in total. The quantitative estimate of drug-likeness (QED) is 0.0782. The highest BCUT2D eigenvalue weighted by molar-refractivity contribution is 6.24. The van der Waals surface area contributed by atoms with Crippen LogP contribution in [0.3, 0.4) is 0 Å². The summed E-state index contributed by atoms with van der Waals surface area (Å²) in [4.78, 5) is 95.5. The number of aryl methyl sites for hydroxylation is 1. The summed E-state index contributed by atoms with van der Waals surface area (Å²) in [6, 6.07) is 20.0. The van der Waals surface area contributed by atoms with Gasteiger partial charge < -0.3 is 25.8 Å². The first kappa shape index (κ1) is 40.7. The number of nitrogens with one attached hydrogen (secondary N) is 4. The van der Waals surface area contributed by atoms with Crippen LogP contribution in [0.1, 0.15) is 112 Å². The van der Waals surface area contributed by atoms with Crippen LogP contribution in [-0.2, 0) is 32.9 Å². The molecule has 1 saturated carbocycles. The third-order valence-corrected chi connectivity index (χ3v) is 11.3. The predicted octanol–water partition coefficient (Wildman–Crippen LogP) is 5.36. The van der Waals surface area contributed by atoms with Gasteiger partial charge in [0.05, 0.1) is 47.4 Å². The van der Waals surface area contributed by atoms with Gasteiger partial charge in [-0.15, -0.1) is 0 Å². The van der Waals surface area contributed by atoms with Crippen molar-refractivity contribution in [3.05, 3.63) is 112 Å². The molecule has 1 aliphatic carbocycles. The van der Waals surface area contributed by atoms with E-state index in [9.17, 15) is 33.6 Å². The fourth-order valence-electron chi connectivity index (χ4n) is 8.16. The summed E-state index contributed by atoms with van der Waals surface area (Å²) in [5.74, 6) is -1.90. The second-order valence-corrected chi connectivity index (χ2v) is 16.1. The Balaban J connectivity index is 0.897. The van der Waals surface area contributed by atoms with Gasteiger partial charge in [0.2, 0.25) is 5.91 Å². The van der Waals surface area contributed by atoms with Crippen LogP contribution >= 0.6 is 0 Å². The van der Waals surface area contributed by atoms with Crippen LogP contribution in [0.15, 0.2) is 72.8 Å². The first-order chi connectivity index (χ1) is 28.2. The Morgan fingerprint density at radius 2 is 1.66 bits per heavy atom. The molecule has 3 aliphatic rings. The number of benzene rings is 3. The van der Waals surface area contributed by atoms with Crippen LogP contribution < -0.4 is 16.0 Å². The lowest BCUT2D eigenvalue weighted by atomic mass is 9.92. The van der Waals surface area contributed by atoms with E-state index in [0.717, 1.165) is 21.7 Å². The summed E-state index contributed by atoms with van der Waals surface area (Å²) in [7, 11) is 3.92. The molecule has 3 heterocycles. The number of unbranched alkanes of at least 4 members (excludes halogenated alkanes) is 1. The van der Waals surface area contributed by atoms with E-state index in [1.165, 1.54) is 0 Å². The molecule has 4 aromatic rings. The van der Waals surface area contributed by atoms with E-state index in [0.29, 0.717) is 48.4 Å². The van der Waals surface area contributed by atoms with Gasteiger partial charge in [0.15, 0.2) is 11.6 Å². The Hall–Kier alpha value is -6.48. The van der Waals surface area contributed by atoms with E-state index in [1.54, 1.807) is 47.4 Å². The van der Waals surface area contributed by atoms with Crippen molar-refractivity contribution in [1.29, 1.82) is 0 Å². The Morgan fingerprint density at radius 1 is 0.915 bits per heavy atom. The molecule has 15 nitrogen and oxygen atoms in total. The van der Waals surface area contributed by atoms with E-state index in [-0.39, 0.29) is 67.1 Å². The molecular formula is C44H48N8O7. The minimum atomic E-state index is -0.926. The van der Waals surface area contributed by atoms with Crippen molar-refractivity contribution < 1.29 is 33.6 Å². The van der Waals surface area contributed by atoms with Crippen molar-refractivity contribution in [3.8, 4) is 0 Å². The maximum absolute atomic E-state index is 13.7. The van der Waals surface area contributed by atoms with Crippen molar-refractivity contribution in [3.63, 3.8) is 0 Å². The lowest BCUT2D eigenvalue weighted by Gasteiger charge is -2.34. The molecule has 15 heteroatoms. The standard InChI is InChI=1S/C44H48N8O7/c1-44(2)38-32(24-51(44)43(59)46-33(25-50(3)4)26-11-6-5-7-12-26)39(49-48-38)47-40(56)28-17-19-29(20-18-28)45-36(55)16-9-8-13-27-14-10-15-31-37(27)42(58)52(41(31)57)34-22-21-30(53)23-35(34)54/h5-7,10-12,14-15,17-20,33-34H,8-9,13,16,21-25H2,1-4H3,(H,45,55)(H,46,59)(H2,47,48,49,56)/t33-,34?/m1/s1. The normalized spacial score (nSPS) is 17.5. The first-order valence-electron chi connectivity index (χ1n) is 19.8. The molecule has 1 aromatic heterocycles. The summed E-state index contributed by atoms with van der Waals surface area (Å²) in [5, 5.41) is 16.3. The van der Waals surface area contributed by atoms with Crippen LogP contribution in [0.25, 0.3) is 0 Å². The van der Waals surface area contributed by atoms with Crippen molar-refractivity contribution in [2.45, 2.75) is 83.0 Å². The number of carbonyl (C=O) groups excluding carboxylic acids is 7. The van der Waals surface area contributed by atoms with Gasteiger partial charge in [-0.3, -0.25) is 38.8 Å². The topological polar surface area (TPSA) is 194 Å². The number of carbonyl (C=O) groups is 7. The van der Waals surface area contributed by atoms with Gasteiger partial charge in [-0.05, 0) is 95.1 Å². The Bertz CT molecular complexity index is 2320. The van der Waals surface area contributed by atoms with Crippen LogP contribution in [0.5, 0.6) is 0 Å². The lowest BCUT2D eigenvalue weighted by Crippen LogP contribution is -2.48. The third kappa shape index (κ3) is 8.42. The number of aromatic amines is 1. The maximum atomic E-state index is 13.7. The fraction of sp³-hybridized carbons (Fsp3) is 0.364. The average molecular weight is 801 g/mol. The van der Waals surface area contributed by atoms with Crippen LogP contribution in [0.2, 0.25) is 0 Å². The molecular weight excluding hydrogens is 753 g/mol. The van der Waals surface area contributed by atoms with Gasteiger partial charge in [0.1, 0.15) is 5.78 Å². The van der Waals surface area contributed by atoms with E-state index in [1.807, 2.05) is 63.2 Å². The summed E-state index contributed by atoms with van der Waals surface area (Å²) in [6.45, 7) is 4.72. The summed E-state index contributed by atoms with van der Waals surface area (Å²) < 4.78 is 0. The van der Waals surface area contributed by atoms with Crippen LogP contribution in [-0.4, -0.2) is 92.8 Å². The van der Waals surface area contributed by atoms with Gasteiger partial charge in [-0.2, -0.15) is 5.10 Å². The number of hydrogen-bond donors (Lipinski definition) is 4. The summed E-state index contributed by atoms with van der Waals surface area (Å²) in [5.41, 5.74) is 3.82. The molecule has 3 aromatic carbocycles. The SMILES string of the molecule is CN(C)C[C@@H](NC(=O)N1Cc2c(NC(=O)c3ccc(NC(=O)CCCCc4cccc5c4C(=O)N(C4CCC(=O)CC4=O)C5=O)cc3)n[nH]c2C1(C)C)c1ccccc1. The summed E-state index contributed by atoms with van der Waals surface area (Å²) in [6.07, 6.45) is 1.78. The zero-order chi connectivity index (χ0) is 42.0. The third-order valence-electron chi connectivity index (χ3n) is 11.3. The number of likely N-dealkylation sites (N-methyl/N-ethyl adjacent to an activating group) is 1. The zero-order valence-electron chi connectivity index (χ0n) is 33.6. The number of amides is 6. The van der Waals surface area contributed by atoms with Gasteiger partial charge >= 0.3 is 6.03 Å². The monoisotopic (exact) mass is 800 g/mol. The van der Waals surface area contributed by atoms with Gasteiger partial charge in [-0.25, -0.2) is 4.79 Å².